The number of morpholine rings is 1. The molecule has 8 heteroatoms. The Labute approximate surface area is 139 Å². The first-order chi connectivity index (χ1) is 11.0. The summed E-state index contributed by atoms with van der Waals surface area (Å²) >= 11 is 5.98. The zero-order valence-corrected chi connectivity index (χ0v) is 14.1. The van der Waals surface area contributed by atoms with Crippen molar-refractivity contribution in [3.05, 3.63) is 34.8 Å². The van der Waals surface area contributed by atoms with E-state index in [1.165, 1.54) is 0 Å². The van der Waals surface area contributed by atoms with Crippen molar-refractivity contribution in [3.8, 4) is 0 Å². The van der Waals surface area contributed by atoms with Crippen LogP contribution in [0.4, 0.5) is 0 Å². The molecular weight excluding hydrogens is 320 g/mol. The van der Waals surface area contributed by atoms with Gasteiger partial charge in [0.15, 0.2) is 0 Å². The van der Waals surface area contributed by atoms with E-state index in [9.17, 15) is 4.79 Å². The third kappa shape index (κ3) is 3.11. The average molecular weight is 339 g/mol. The van der Waals surface area contributed by atoms with Gasteiger partial charge in [-0.15, -0.1) is 10.2 Å². The molecule has 1 aliphatic rings. The lowest BCUT2D eigenvalue weighted by Crippen LogP contribution is -2.44. The van der Waals surface area contributed by atoms with Gasteiger partial charge in [-0.05, 0) is 6.07 Å². The van der Waals surface area contributed by atoms with E-state index in [2.05, 4.69) is 10.2 Å². The number of amides is 1. The number of carbonyl (C=O) groups is 1. The van der Waals surface area contributed by atoms with E-state index >= 15 is 0 Å². The van der Waals surface area contributed by atoms with E-state index in [1.807, 2.05) is 13.8 Å². The molecular formula is C15H19ClN4O3. The third-order valence-electron chi connectivity index (χ3n) is 3.82. The number of rotatable bonds is 3. The number of hydrogen-bond acceptors (Lipinski definition) is 5. The second kappa shape index (κ2) is 6.33. The van der Waals surface area contributed by atoms with Crippen LogP contribution >= 0.6 is 11.6 Å². The molecule has 0 bridgehead atoms. The molecule has 2 aromatic rings. The van der Waals surface area contributed by atoms with E-state index in [0.29, 0.717) is 42.3 Å². The molecule has 3 rings (SSSR count). The second-order valence-electron chi connectivity index (χ2n) is 5.88. The molecule has 0 saturated carbocycles. The quantitative estimate of drug-likeness (QED) is 0.859. The van der Waals surface area contributed by atoms with Gasteiger partial charge in [-0.2, -0.15) is 0 Å². The molecule has 1 atom stereocenters. The summed E-state index contributed by atoms with van der Waals surface area (Å²) in [6.07, 6.45) is 1.70. The smallest absolute Gasteiger partial charge is 0.271 e. The minimum Gasteiger partial charge on any atom is -0.423 e. The number of aromatic nitrogens is 3. The molecule has 2 aromatic heterocycles. The lowest BCUT2D eigenvalue weighted by Gasteiger charge is -2.33. The maximum absolute atomic E-state index is 12.9. The molecule has 23 heavy (non-hydrogen) atoms. The highest BCUT2D eigenvalue weighted by Gasteiger charge is 2.34. The minimum atomic E-state index is -0.384. The Hall–Kier alpha value is -1.86. The lowest BCUT2D eigenvalue weighted by atomic mass is 10.2. The Morgan fingerprint density at radius 2 is 2.22 bits per heavy atom. The summed E-state index contributed by atoms with van der Waals surface area (Å²) in [5, 5.41) is 8.66. The van der Waals surface area contributed by atoms with Gasteiger partial charge in [0.2, 0.25) is 11.8 Å². The average Bonchev–Trinajstić information content (AvgIpc) is 3.13. The molecule has 1 saturated heterocycles. The van der Waals surface area contributed by atoms with Gasteiger partial charge < -0.3 is 18.6 Å². The SMILES string of the molecule is CC(C)c1nnc([C@H]2COCCN2C(=O)c2cc(Cl)cn2C)o1. The Balaban J connectivity index is 1.89. The molecule has 0 spiro atoms. The van der Waals surface area contributed by atoms with Gasteiger partial charge in [0, 0.05) is 25.7 Å². The topological polar surface area (TPSA) is 73.4 Å². The zero-order chi connectivity index (χ0) is 16.6. The van der Waals surface area contributed by atoms with E-state index in [1.54, 1.807) is 28.8 Å². The molecule has 1 amide bonds. The number of halogens is 1. The predicted molar refractivity (Wildman–Crippen MR) is 83.4 cm³/mol. The highest BCUT2D eigenvalue weighted by Crippen LogP contribution is 2.27. The molecule has 0 aliphatic carbocycles. The van der Waals surface area contributed by atoms with Crippen LogP contribution in [0.1, 0.15) is 48.1 Å². The van der Waals surface area contributed by atoms with Gasteiger partial charge >= 0.3 is 0 Å². The molecule has 1 aliphatic heterocycles. The fourth-order valence-electron chi connectivity index (χ4n) is 2.55. The van der Waals surface area contributed by atoms with Crippen LogP contribution < -0.4 is 0 Å². The number of ether oxygens (including phenoxy) is 1. The lowest BCUT2D eigenvalue weighted by molar-refractivity contribution is -0.0112. The largest absolute Gasteiger partial charge is 0.423 e. The summed E-state index contributed by atoms with van der Waals surface area (Å²) in [5.74, 6) is 0.968. The molecule has 0 aromatic carbocycles. The van der Waals surface area contributed by atoms with Crippen LogP contribution in [0, 0.1) is 0 Å². The normalized spacial score (nSPS) is 18.7. The Morgan fingerprint density at radius 1 is 1.43 bits per heavy atom. The summed E-state index contributed by atoms with van der Waals surface area (Å²) in [7, 11) is 1.79. The van der Waals surface area contributed by atoms with Gasteiger partial charge in [0.1, 0.15) is 11.7 Å². The van der Waals surface area contributed by atoms with Crippen molar-refractivity contribution in [1.82, 2.24) is 19.7 Å². The molecule has 0 unspecified atom stereocenters. The summed E-state index contributed by atoms with van der Waals surface area (Å²) in [4.78, 5) is 14.6. The van der Waals surface area contributed by atoms with E-state index in [4.69, 9.17) is 20.8 Å². The highest BCUT2D eigenvalue weighted by atomic mass is 35.5. The van der Waals surface area contributed by atoms with Crippen LogP contribution in [0.15, 0.2) is 16.7 Å². The van der Waals surface area contributed by atoms with Gasteiger partial charge in [0.05, 0.1) is 18.2 Å². The van der Waals surface area contributed by atoms with Crippen molar-refractivity contribution in [2.45, 2.75) is 25.8 Å². The van der Waals surface area contributed by atoms with Crippen molar-refractivity contribution >= 4 is 17.5 Å². The molecule has 7 nitrogen and oxygen atoms in total. The molecule has 3 heterocycles. The fourth-order valence-corrected chi connectivity index (χ4v) is 2.80. The van der Waals surface area contributed by atoms with Crippen molar-refractivity contribution in [2.24, 2.45) is 7.05 Å². The summed E-state index contributed by atoms with van der Waals surface area (Å²) in [5.41, 5.74) is 0.519. The predicted octanol–water partition coefficient (Wildman–Crippen LogP) is 2.40. The van der Waals surface area contributed by atoms with Crippen LogP contribution in [-0.2, 0) is 11.8 Å². The minimum absolute atomic E-state index is 0.128. The molecule has 124 valence electrons. The molecule has 0 N–H and O–H groups in total. The van der Waals surface area contributed by atoms with Crippen molar-refractivity contribution in [3.63, 3.8) is 0 Å². The fraction of sp³-hybridized carbons (Fsp3) is 0.533. The number of carbonyl (C=O) groups excluding carboxylic acids is 1. The van der Waals surface area contributed by atoms with Gasteiger partial charge in [-0.3, -0.25) is 4.79 Å². The van der Waals surface area contributed by atoms with Crippen molar-refractivity contribution in [1.29, 1.82) is 0 Å². The monoisotopic (exact) mass is 338 g/mol. The first-order valence-electron chi connectivity index (χ1n) is 7.51. The Morgan fingerprint density at radius 3 is 2.83 bits per heavy atom. The van der Waals surface area contributed by atoms with Gasteiger partial charge in [-0.1, -0.05) is 25.4 Å². The van der Waals surface area contributed by atoms with Crippen LogP contribution in [0.5, 0.6) is 0 Å². The highest BCUT2D eigenvalue weighted by molar-refractivity contribution is 6.31. The summed E-state index contributed by atoms with van der Waals surface area (Å²) < 4.78 is 12.9. The summed E-state index contributed by atoms with van der Waals surface area (Å²) in [6, 6.07) is 1.27. The van der Waals surface area contributed by atoms with Crippen LogP contribution in [0.25, 0.3) is 0 Å². The maximum atomic E-state index is 12.9. The van der Waals surface area contributed by atoms with E-state index in [0.717, 1.165) is 0 Å². The van der Waals surface area contributed by atoms with E-state index < -0.39 is 0 Å². The Kier molecular flexibility index (Phi) is 4.41. The standard InChI is InChI=1S/C15H19ClN4O3/c1-9(2)13-17-18-14(23-13)12-8-22-5-4-20(12)15(21)11-6-10(16)7-19(11)3/h6-7,9,12H,4-5,8H2,1-3H3/t12-/m1/s1. The first-order valence-corrected chi connectivity index (χ1v) is 7.89. The number of hydrogen-bond donors (Lipinski definition) is 0. The van der Waals surface area contributed by atoms with Crippen LogP contribution in [0.3, 0.4) is 0 Å². The van der Waals surface area contributed by atoms with Gasteiger partial charge in [-0.25, -0.2) is 0 Å². The molecule has 1 fully saturated rings. The van der Waals surface area contributed by atoms with Crippen LogP contribution in [0.2, 0.25) is 5.02 Å². The van der Waals surface area contributed by atoms with E-state index in [-0.39, 0.29) is 17.9 Å². The first kappa shape index (κ1) is 16.0. The van der Waals surface area contributed by atoms with Crippen molar-refractivity contribution in [2.75, 3.05) is 19.8 Å². The molecule has 0 radical (unpaired) electrons. The second-order valence-corrected chi connectivity index (χ2v) is 6.31. The van der Waals surface area contributed by atoms with Gasteiger partial charge in [0.25, 0.3) is 5.91 Å². The Bertz CT molecular complexity index is 709. The van der Waals surface area contributed by atoms with Crippen LogP contribution in [-0.4, -0.2) is 45.3 Å². The number of aryl methyl sites for hydroxylation is 1. The maximum Gasteiger partial charge on any atom is 0.271 e. The zero-order valence-electron chi connectivity index (χ0n) is 13.3. The number of nitrogens with zero attached hydrogens (tertiary/aromatic N) is 4. The summed E-state index contributed by atoms with van der Waals surface area (Å²) in [6.45, 7) is 5.23. The third-order valence-corrected chi connectivity index (χ3v) is 4.02. The van der Waals surface area contributed by atoms with Crippen molar-refractivity contribution < 1.29 is 13.9 Å².